The van der Waals surface area contributed by atoms with Gasteiger partial charge in [0.1, 0.15) is 6.17 Å². The molecule has 3 atom stereocenters. The van der Waals surface area contributed by atoms with Crippen molar-refractivity contribution < 1.29 is 37.1 Å². The molecule has 0 spiro atoms. The Morgan fingerprint density at radius 1 is 1.14 bits per heavy atom. The molecule has 13 heteroatoms. The highest BCUT2D eigenvalue weighted by atomic mass is 19.4. The number of amides is 2. The van der Waals surface area contributed by atoms with Crippen molar-refractivity contribution in [3.8, 4) is 0 Å². The summed E-state index contributed by atoms with van der Waals surface area (Å²) in [5.41, 5.74) is 2.41. The monoisotopic (exact) mass is 503 g/mol. The zero-order valence-electron chi connectivity index (χ0n) is 19.3. The van der Waals surface area contributed by atoms with Crippen LogP contribution in [0.1, 0.15) is 36.6 Å². The lowest BCUT2D eigenvalue weighted by Crippen LogP contribution is -2.57. The van der Waals surface area contributed by atoms with Crippen molar-refractivity contribution >= 4 is 23.5 Å². The third-order valence-electron chi connectivity index (χ3n) is 6.39. The number of alkyl halides is 4. The molecule has 1 unspecified atom stereocenters. The summed E-state index contributed by atoms with van der Waals surface area (Å²) >= 11 is 0. The fourth-order valence-corrected chi connectivity index (χ4v) is 4.61. The number of carboxylic acid groups (broad SMARTS) is 1. The minimum atomic E-state index is -5.08. The topological polar surface area (TPSA) is 115 Å². The summed E-state index contributed by atoms with van der Waals surface area (Å²) in [6.07, 6.45) is -4.35. The van der Waals surface area contributed by atoms with Crippen LogP contribution >= 0.6 is 0 Å². The van der Waals surface area contributed by atoms with Gasteiger partial charge in [0.15, 0.2) is 0 Å². The van der Waals surface area contributed by atoms with Gasteiger partial charge in [0, 0.05) is 45.2 Å². The summed E-state index contributed by atoms with van der Waals surface area (Å²) in [6, 6.07) is 3.78. The lowest BCUT2D eigenvalue weighted by Gasteiger charge is -2.43. The molecular formula is C22H29F4N5O4. The van der Waals surface area contributed by atoms with Gasteiger partial charge in [-0.2, -0.15) is 13.2 Å². The van der Waals surface area contributed by atoms with Crippen LogP contribution in [0.2, 0.25) is 0 Å². The lowest BCUT2D eigenvalue weighted by atomic mass is 9.94. The number of carboxylic acids is 1. The van der Waals surface area contributed by atoms with Crippen molar-refractivity contribution in [1.29, 1.82) is 0 Å². The van der Waals surface area contributed by atoms with E-state index in [1.54, 1.807) is 0 Å². The number of rotatable bonds is 3. The number of aliphatic carboxylic acids is 1. The Hall–Kier alpha value is -2.80. The first-order valence-electron chi connectivity index (χ1n) is 11.4. The molecule has 4 heterocycles. The van der Waals surface area contributed by atoms with Crippen LogP contribution in [-0.4, -0.2) is 90.4 Å². The van der Waals surface area contributed by atoms with Gasteiger partial charge >= 0.3 is 12.1 Å². The minimum Gasteiger partial charge on any atom is -0.475 e. The van der Waals surface area contributed by atoms with Gasteiger partial charge in [0.2, 0.25) is 11.8 Å². The Kier molecular flexibility index (Phi) is 8.65. The predicted molar refractivity (Wildman–Crippen MR) is 118 cm³/mol. The van der Waals surface area contributed by atoms with Crippen LogP contribution < -0.4 is 15.5 Å². The highest BCUT2D eigenvalue weighted by Gasteiger charge is 2.38. The number of hydrogen-bond acceptors (Lipinski definition) is 7. The molecule has 0 aromatic carbocycles. The van der Waals surface area contributed by atoms with Crippen LogP contribution in [0, 0.1) is 6.92 Å². The van der Waals surface area contributed by atoms with Gasteiger partial charge in [-0.15, -0.1) is 0 Å². The van der Waals surface area contributed by atoms with Gasteiger partial charge in [-0.3, -0.25) is 24.8 Å². The molecule has 3 aliphatic heterocycles. The van der Waals surface area contributed by atoms with Gasteiger partial charge in [-0.1, -0.05) is 0 Å². The molecule has 0 radical (unpaired) electrons. The second-order valence-electron chi connectivity index (χ2n) is 8.75. The van der Waals surface area contributed by atoms with Crippen LogP contribution in [0.25, 0.3) is 0 Å². The normalized spacial score (nSPS) is 26.0. The number of piperazine rings is 1. The largest absolute Gasteiger partial charge is 0.490 e. The number of imide groups is 1. The zero-order valence-corrected chi connectivity index (χ0v) is 19.3. The summed E-state index contributed by atoms with van der Waals surface area (Å²) < 4.78 is 46.7. The van der Waals surface area contributed by atoms with E-state index in [1.165, 1.54) is 0 Å². The maximum Gasteiger partial charge on any atom is 0.490 e. The molecule has 35 heavy (non-hydrogen) atoms. The molecule has 2 amide bonds. The summed E-state index contributed by atoms with van der Waals surface area (Å²) in [7, 11) is 0. The maximum atomic E-state index is 14.9. The minimum absolute atomic E-state index is 0.00522. The summed E-state index contributed by atoms with van der Waals surface area (Å²) in [6.45, 7) is 6.75. The zero-order chi connectivity index (χ0) is 25.8. The van der Waals surface area contributed by atoms with E-state index in [2.05, 4.69) is 25.4 Å². The van der Waals surface area contributed by atoms with Crippen LogP contribution in [0.4, 0.5) is 23.2 Å². The number of nitrogens with zero attached hydrogens (tertiary/aromatic N) is 3. The number of piperidine rings is 2. The van der Waals surface area contributed by atoms with Crippen molar-refractivity contribution in [2.24, 2.45) is 0 Å². The van der Waals surface area contributed by atoms with E-state index in [-0.39, 0.29) is 17.9 Å². The van der Waals surface area contributed by atoms with Crippen molar-refractivity contribution in [3.63, 3.8) is 0 Å². The maximum absolute atomic E-state index is 14.9. The number of carbonyl (C=O) groups is 3. The highest BCUT2D eigenvalue weighted by Crippen LogP contribution is 2.30. The third kappa shape index (κ3) is 6.88. The first-order valence-corrected chi connectivity index (χ1v) is 11.4. The Morgan fingerprint density at radius 2 is 1.80 bits per heavy atom. The van der Waals surface area contributed by atoms with Crippen LogP contribution in [0.15, 0.2) is 12.1 Å². The number of aromatic nitrogens is 1. The number of aryl methyl sites for hydroxylation is 1. The third-order valence-corrected chi connectivity index (χ3v) is 6.39. The summed E-state index contributed by atoms with van der Waals surface area (Å²) in [4.78, 5) is 41.3. The van der Waals surface area contributed by atoms with Gasteiger partial charge < -0.3 is 15.3 Å². The number of halogens is 4. The molecule has 0 saturated carbocycles. The van der Waals surface area contributed by atoms with Gasteiger partial charge in [-0.05, 0) is 31.9 Å². The Morgan fingerprint density at radius 3 is 2.34 bits per heavy atom. The van der Waals surface area contributed by atoms with E-state index in [0.29, 0.717) is 25.1 Å². The van der Waals surface area contributed by atoms with E-state index in [4.69, 9.17) is 9.90 Å². The van der Waals surface area contributed by atoms with Crippen LogP contribution in [0.3, 0.4) is 0 Å². The fourth-order valence-electron chi connectivity index (χ4n) is 4.61. The van der Waals surface area contributed by atoms with E-state index < -0.39 is 24.2 Å². The molecule has 4 rings (SSSR count). The smallest absolute Gasteiger partial charge is 0.475 e. The molecule has 3 saturated heterocycles. The Labute approximate surface area is 199 Å². The number of pyridine rings is 1. The van der Waals surface area contributed by atoms with E-state index in [1.807, 2.05) is 19.1 Å². The average Bonchev–Trinajstić information content (AvgIpc) is 2.79. The van der Waals surface area contributed by atoms with Gasteiger partial charge in [0.05, 0.1) is 29.5 Å². The number of carbonyl (C=O) groups excluding carboxylic acids is 2. The molecule has 9 nitrogen and oxygen atoms in total. The predicted octanol–water partition coefficient (Wildman–Crippen LogP) is 1.37. The van der Waals surface area contributed by atoms with E-state index in [9.17, 15) is 27.2 Å². The van der Waals surface area contributed by atoms with E-state index >= 15 is 0 Å². The Bertz CT molecular complexity index is 939. The molecule has 0 bridgehead atoms. The molecule has 3 N–H and O–H groups in total. The molecular weight excluding hydrogens is 474 g/mol. The molecule has 1 aromatic heterocycles. The van der Waals surface area contributed by atoms with Crippen molar-refractivity contribution in [2.45, 2.75) is 50.5 Å². The second-order valence-corrected chi connectivity index (χ2v) is 8.75. The average molecular weight is 503 g/mol. The van der Waals surface area contributed by atoms with Crippen molar-refractivity contribution in [3.05, 3.63) is 23.5 Å². The number of nitrogens with one attached hydrogen (secondary N) is 2. The molecule has 1 aromatic rings. The van der Waals surface area contributed by atoms with Gasteiger partial charge in [0.25, 0.3) is 0 Å². The number of anilines is 1. The summed E-state index contributed by atoms with van der Waals surface area (Å²) in [5, 5.41) is 12.8. The first-order chi connectivity index (χ1) is 16.5. The van der Waals surface area contributed by atoms with Crippen LogP contribution in [0.5, 0.6) is 0 Å². The lowest BCUT2D eigenvalue weighted by molar-refractivity contribution is -0.192. The van der Waals surface area contributed by atoms with Crippen molar-refractivity contribution in [1.82, 2.24) is 20.5 Å². The second kappa shape index (κ2) is 11.3. The molecule has 0 aliphatic carbocycles. The molecule has 194 valence electrons. The Balaban J connectivity index is 0.000000429. The molecule has 3 aliphatic rings. The van der Waals surface area contributed by atoms with Crippen molar-refractivity contribution in [2.75, 3.05) is 44.2 Å². The highest BCUT2D eigenvalue weighted by molar-refractivity contribution is 6.00. The molecule has 3 fully saturated rings. The standard InChI is InChI=1S/C20H28FN5O2.C2HF3O2/c1-13-17(4-3-16(23-13)14-2-5-19(27)24-20(14)28)26-9-6-18(15(21)12-26)25-10-7-22-8-11-25;3-2(4,5)1(6)7/h3-4,14-15,18,22H,2,5-12H2,1H3,(H,24,27,28);(H,6,7)/t14?,15-,18+;/m1./s1. The number of hydrogen-bond donors (Lipinski definition) is 3. The fraction of sp³-hybridized carbons (Fsp3) is 0.636. The van der Waals surface area contributed by atoms with E-state index in [0.717, 1.165) is 50.5 Å². The van der Waals surface area contributed by atoms with Crippen LogP contribution in [-0.2, 0) is 14.4 Å². The SMILES string of the molecule is Cc1nc(C2CCC(=O)NC2=O)ccc1N1CC[C@H](N2CCNCC2)[C@H](F)C1.O=C(O)C(F)(F)F. The first kappa shape index (κ1) is 26.8. The quantitative estimate of drug-likeness (QED) is 0.419. The van der Waals surface area contributed by atoms with Gasteiger partial charge in [-0.25, -0.2) is 9.18 Å². The summed E-state index contributed by atoms with van der Waals surface area (Å²) in [5.74, 6) is -3.65.